The smallest absolute Gasteiger partial charge is 0.239 e. The maximum atomic E-state index is 12.1. The van der Waals surface area contributed by atoms with Crippen LogP contribution < -0.4 is 10.6 Å². The van der Waals surface area contributed by atoms with Gasteiger partial charge in [0.1, 0.15) is 0 Å². The van der Waals surface area contributed by atoms with Crippen LogP contribution in [-0.2, 0) is 19.1 Å². The van der Waals surface area contributed by atoms with Crippen molar-refractivity contribution < 1.29 is 19.1 Å². The maximum absolute atomic E-state index is 12.1. The van der Waals surface area contributed by atoms with Crippen LogP contribution in [0.5, 0.6) is 0 Å². The highest BCUT2D eigenvalue weighted by atomic mass is 16.5. The number of rotatable bonds is 7. The molecule has 0 radical (unpaired) electrons. The number of amides is 2. The Labute approximate surface area is 120 Å². The van der Waals surface area contributed by atoms with Crippen LogP contribution in [0.25, 0.3) is 0 Å². The van der Waals surface area contributed by atoms with Crippen LogP contribution in [-0.4, -0.2) is 75.4 Å². The summed E-state index contributed by atoms with van der Waals surface area (Å²) in [6.07, 6.45) is 0. The molecule has 1 saturated heterocycles. The van der Waals surface area contributed by atoms with E-state index in [4.69, 9.17) is 9.47 Å². The van der Waals surface area contributed by atoms with E-state index in [0.29, 0.717) is 32.9 Å². The zero-order valence-electron chi connectivity index (χ0n) is 12.5. The Kier molecular flexibility index (Phi) is 7.50. The summed E-state index contributed by atoms with van der Waals surface area (Å²) in [4.78, 5) is 25.5. The van der Waals surface area contributed by atoms with E-state index in [9.17, 15) is 9.59 Å². The van der Waals surface area contributed by atoms with Gasteiger partial charge >= 0.3 is 0 Å². The molecule has 0 bridgehead atoms. The quantitative estimate of drug-likeness (QED) is 0.626. The van der Waals surface area contributed by atoms with E-state index in [2.05, 4.69) is 10.6 Å². The van der Waals surface area contributed by atoms with E-state index in [0.717, 1.165) is 0 Å². The second-order valence-corrected chi connectivity index (χ2v) is 4.96. The Balaban J connectivity index is 2.25. The summed E-state index contributed by atoms with van der Waals surface area (Å²) in [5, 5.41) is 5.73. The summed E-state index contributed by atoms with van der Waals surface area (Å²) in [6, 6.07) is -0.420. The zero-order valence-corrected chi connectivity index (χ0v) is 12.5. The van der Waals surface area contributed by atoms with Crippen LogP contribution in [0.4, 0.5) is 0 Å². The summed E-state index contributed by atoms with van der Waals surface area (Å²) in [6.45, 7) is 6.59. The Morgan fingerprint density at radius 1 is 1.30 bits per heavy atom. The van der Waals surface area contributed by atoms with Gasteiger partial charge in [0.15, 0.2) is 0 Å². The van der Waals surface area contributed by atoms with Gasteiger partial charge < -0.3 is 19.7 Å². The van der Waals surface area contributed by atoms with Gasteiger partial charge in [0.25, 0.3) is 0 Å². The first-order valence-electron chi connectivity index (χ1n) is 6.92. The Hall–Kier alpha value is -1.18. The van der Waals surface area contributed by atoms with Crippen LogP contribution in [0, 0.1) is 0 Å². The largest absolute Gasteiger partial charge is 0.383 e. The zero-order chi connectivity index (χ0) is 15.0. The van der Waals surface area contributed by atoms with Crippen molar-refractivity contribution in [2.75, 3.05) is 46.6 Å². The molecule has 2 atom stereocenters. The monoisotopic (exact) mass is 287 g/mol. The molecule has 2 N–H and O–H groups in total. The average molecular weight is 287 g/mol. The topological polar surface area (TPSA) is 79.9 Å². The van der Waals surface area contributed by atoms with Crippen LogP contribution in [0.3, 0.4) is 0 Å². The summed E-state index contributed by atoms with van der Waals surface area (Å²) in [7, 11) is 1.59. The fourth-order valence-electron chi connectivity index (χ4n) is 2.01. The first kappa shape index (κ1) is 16.9. The molecule has 0 saturated carbocycles. The molecule has 0 aromatic rings. The summed E-state index contributed by atoms with van der Waals surface area (Å²) in [5.41, 5.74) is 0. The molecule has 0 aromatic carbocycles. The highest BCUT2D eigenvalue weighted by molar-refractivity contribution is 5.83. The standard InChI is InChI=1S/C13H25N3O4/c1-10(9-19-3)15-12(17)8-14-11(2)13(18)16-4-6-20-7-5-16/h10-11,14H,4-9H2,1-3H3,(H,15,17). The molecule has 1 heterocycles. The van der Waals surface area contributed by atoms with E-state index >= 15 is 0 Å². The minimum absolute atomic E-state index is 0.00559. The molecule has 7 heteroatoms. The number of ether oxygens (including phenoxy) is 2. The van der Waals surface area contributed by atoms with Gasteiger partial charge in [-0.1, -0.05) is 0 Å². The number of hydrogen-bond donors (Lipinski definition) is 2. The summed E-state index contributed by atoms with van der Waals surface area (Å²) >= 11 is 0. The van der Waals surface area contributed by atoms with Crippen molar-refractivity contribution in [1.82, 2.24) is 15.5 Å². The normalized spacial score (nSPS) is 18.4. The first-order valence-corrected chi connectivity index (χ1v) is 6.92. The van der Waals surface area contributed by atoms with E-state index in [1.807, 2.05) is 6.92 Å². The summed E-state index contributed by atoms with van der Waals surface area (Å²) < 4.78 is 10.1. The fourth-order valence-corrected chi connectivity index (χ4v) is 2.01. The lowest BCUT2D eigenvalue weighted by Gasteiger charge is -2.29. The molecule has 20 heavy (non-hydrogen) atoms. The van der Waals surface area contributed by atoms with Crippen LogP contribution in [0.15, 0.2) is 0 Å². The van der Waals surface area contributed by atoms with Crippen LogP contribution >= 0.6 is 0 Å². The second-order valence-electron chi connectivity index (χ2n) is 4.96. The number of nitrogens with one attached hydrogen (secondary N) is 2. The minimum Gasteiger partial charge on any atom is -0.383 e. The molecular weight excluding hydrogens is 262 g/mol. The van der Waals surface area contributed by atoms with Gasteiger partial charge in [0.05, 0.1) is 32.4 Å². The van der Waals surface area contributed by atoms with Crippen molar-refractivity contribution in [3.8, 4) is 0 Å². The van der Waals surface area contributed by atoms with Crippen LogP contribution in [0.1, 0.15) is 13.8 Å². The molecule has 116 valence electrons. The maximum Gasteiger partial charge on any atom is 0.239 e. The number of carbonyl (C=O) groups is 2. The predicted molar refractivity (Wildman–Crippen MR) is 74.3 cm³/mol. The van der Waals surface area contributed by atoms with Crippen molar-refractivity contribution in [3.63, 3.8) is 0 Å². The minimum atomic E-state index is -0.378. The Morgan fingerprint density at radius 2 is 1.95 bits per heavy atom. The lowest BCUT2D eigenvalue weighted by molar-refractivity contribution is -0.137. The third-order valence-corrected chi connectivity index (χ3v) is 3.09. The van der Waals surface area contributed by atoms with E-state index in [-0.39, 0.29) is 30.4 Å². The SMILES string of the molecule is COCC(C)NC(=O)CNC(C)C(=O)N1CCOCC1. The number of hydrogen-bond acceptors (Lipinski definition) is 5. The van der Waals surface area contributed by atoms with Gasteiger partial charge in [-0.2, -0.15) is 0 Å². The second kappa shape index (κ2) is 8.89. The molecule has 2 amide bonds. The van der Waals surface area contributed by atoms with Crippen molar-refractivity contribution in [2.45, 2.75) is 25.9 Å². The lowest BCUT2D eigenvalue weighted by Crippen LogP contribution is -2.51. The third-order valence-electron chi connectivity index (χ3n) is 3.09. The van der Waals surface area contributed by atoms with Gasteiger partial charge in [0.2, 0.25) is 11.8 Å². The molecule has 0 aromatic heterocycles. The molecule has 1 aliphatic heterocycles. The molecule has 0 aliphatic carbocycles. The average Bonchev–Trinajstić information content (AvgIpc) is 2.45. The highest BCUT2D eigenvalue weighted by Gasteiger charge is 2.22. The number of nitrogens with zero attached hydrogens (tertiary/aromatic N) is 1. The molecule has 1 aliphatic rings. The van der Waals surface area contributed by atoms with Crippen molar-refractivity contribution >= 4 is 11.8 Å². The molecule has 1 fully saturated rings. The number of carbonyl (C=O) groups excluding carboxylic acids is 2. The van der Waals surface area contributed by atoms with Gasteiger partial charge in [0, 0.05) is 26.2 Å². The Bertz CT molecular complexity index is 319. The molecule has 7 nitrogen and oxygen atoms in total. The van der Waals surface area contributed by atoms with E-state index < -0.39 is 0 Å². The first-order chi connectivity index (χ1) is 9.54. The number of morpholine rings is 1. The molecule has 1 rings (SSSR count). The van der Waals surface area contributed by atoms with Gasteiger partial charge in [-0.05, 0) is 13.8 Å². The highest BCUT2D eigenvalue weighted by Crippen LogP contribution is 2.00. The lowest BCUT2D eigenvalue weighted by atomic mass is 10.2. The number of methoxy groups -OCH3 is 1. The molecule has 2 unspecified atom stereocenters. The molecule has 0 spiro atoms. The predicted octanol–water partition coefficient (Wildman–Crippen LogP) is -1.03. The van der Waals surface area contributed by atoms with Gasteiger partial charge in [-0.15, -0.1) is 0 Å². The molecular formula is C13H25N3O4. The van der Waals surface area contributed by atoms with Crippen LogP contribution in [0.2, 0.25) is 0 Å². The van der Waals surface area contributed by atoms with Crippen molar-refractivity contribution in [3.05, 3.63) is 0 Å². The van der Waals surface area contributed by atoms with Gasteiger partial charge in [-0.3, -0.25) is 14.9 Å². The van der Waals surface area contributed by atoms with Crippen molar-refractivity contribution in [1.29, 1.82) is 0 Å². The van der Waals surface area contributed by atoms with Crippen molar-refractivity contribution in [2.24, 2.45) is 0 Å². The van der Waals surface area contributed by atoms with E-state index in [1.165, 1.54) is 0 Å². The third kappa shape index (κ3) is 5.85. The van der Waals surface area contributed by atoms with Gasteiger partial charge in [-0.25, -0.2) is 0 Å². The van der Waals surface area contributed by atoms with E-state index in [1.54, 1.807) is 18.9 Å². The fraction of sp³-hybridized carbons (Fsp3) is 0.846. The Morgan fingerprint density at radius 3 is 2.55 bits per heavy atom. The summed E-state index contributed by atoms with van der Waals surface area (Å²) in [5.74, 6) is -0.137.